The molecule has 4 heterocycles. The van der Waals surface area contributed by atoms with Crippen molar-refractivity contribution in [3.8, 4) is 0 Å². The normalized spacial score (nSPS) is 21.2. The second-order valence-electron chi connectivity index (χ2n) is 11.1. The Kier molecular flexibility index (Phi) is 7.82. The SMILES string of the molecule is Cc1cc(Nc2cc(N3OCCC3c3cccc(F)c3F)ncn2)ccc1N1CCC(N2CCN(C)CC2)CC1. The summed E-state index contributed by atoms with van der Waals surface area (Å²) in [6, 6.07) is 12.6. The first-order chi connectivity index (χ1) is 19.5. The number of benzene rings is 2. The molecule has 3 aliphatic heterocycles. The Bertz CT molecular complexity index is 1330. The largest absolute Gasteiger partial charge is 0.371 e. The van der Waals surface area contributed by atoms with Crippen molar-refractivity contribution in [3.63, 3.8) is 0 Å². The number of piperazine rings is 1. The molecule has 3 aromatic rings. The molecule has 0 bridgehead atoms. The number of nitrogens with one attached hydrogen (secondary N) is 1. The molecule has 0 spiro atoms. The lowest BCUT2D eigenvalue weighted by Gasteiger charge is -2.43. The summed E-state index contributed by atoms with van der Waals surface area (Å²) < 4.78 is 28.4. The minimum Gasteiger partial charge on any atom is -0.371 e. The average Bonchev–Trinajstić information content (AvgIpc) is 3.45. The van der Waals surface area contributed by atoms with Crippen LogP contribution in [0, 0.1) is 18.6 Å². The Morgan fingerprint density at radius 2 is 1.73 bits per heavy atom. The van der Waals surface area contributed by atoms with Crippen LogP contribution in [0.4, 0.5) is 31.8 Å². The summed E-state index contributed by atoms with van der Waals surface area (Å²) in [7, 11) is 2.21. The maximum atomic E-state index is 14.5. The molecule has 6 rings (SSSR count). The van der Waals surface area contributed by atoms with Crippen molar-refractivity contribution in [1.82, 2.24) is 19.8 Å². The van der Waals surface area contributed by atoms with E-state index in [1.54, 1.807) is 17.2 Å². The molecule has 1 N–H and O–H groups in total. The number of aryl methyl sites for hydroxylation is 1. The van der Waals surface area contributed by atoms with E-state index in [2.05, 4.69) is 62.2 Å². The zero-order valence-corrected chi connectivity index (χ0v) is 23.2. The number of hydrogen-bond donors (Lipinski definition) is 1. The molecule has 1 aromatic heterocycles. The van der Waals surface area contributed by atoms with E-state index in [1.807, 2.05) is 0 Å². The van der Waals surface area contributed by atoms with Gasteiger partial charge in [0.05, 0.1) is 12.6 Å². The molecule has 0 aliphatic carbocycles. The van der Waals surface area contributed by atoms with Gasteiger partial charge in [-0.2, -0.15) is 0 Å². The smallest absolute Gasteiger partial charge is 0.164 e. The summed E-state index contributed by atoms with van der Waals surface area (Å²) in [4.78, 5) is 22.1. The lowest BCUT2D eigenvalue weighted by molar-refractivity contribution is 0.0982. The molecule has 2 aromatic carbocycles. The number of piperidine rings is 1. The highest BCUT2D eigenvalue weighted by molar-refractivity contribution is 5.65. The molecule has 8 nitrogen and oxygen atoms in total. The summed E-state index contributed by atoms with van der Waals surface area (Å²) in [6.45, 7) is 9.37. The van der Waals surface area contributed by atoms with Crippen LogP contribution in [-0.4, -0.2) is 78.7 Å². The van der Waals surface area contributed by atoms with Crippen LogP contribution in [0.25, 0.3) is 0 Å². The van der Waals surface area contributed by atoms with Gasteiger partial charge in [-0.3, -0.25) is 9.74 Å². The predicted molar refractivity (Wildman–Crippen MR) is 153 cm³/mol. The highest BCUT2D eigenvalue weighted by Gasteiger charge is 2.32. The maximum absolute atomic E-state index is 14.5. The number of likely N-dealkylation sites (N-methyl/N-ethyl adjacent to an activating group) is 1. The quantitative estimate of drug-likeness (QED) is 0.466. The van der Waals surface area contributed by atoms with Crippen LogP contribution in [0.3, 0.4) is 0 Å². The first-order valence-corrected chi connectivity index (χ1v) is 14.2. The number of rotatable bonds is 6. The van der Waals surface area contributed by atoms with Crippen molar-refractivity contribution in [2.24, 2.45) is 0 Å². The van der Waals surface area contributed by atoms with Gasteiger partial charge in [-0.05, 0) is 56.6 Å². The van der Waals surface area contributed by atoms with Crippen LogP contribution in [0.15, 0.2) is 48.8 Å². The first-order valence-electron chi connectivity index (χ1n) is 14.2. The minimum absolute atomic E-state index is 0.254. The van der Waals surface area contributed by atoms with Gasteiger partial charge in [0.15, 0.2) is 17.5 Å². The third kappa shape index (κ3) is 5.61. The molecule has 0 amide bonds. The highest BCUT2D eigenvalue weighted by Crippen LogP contribution is 2.36. The fourth-order valence-corrected chi connectivity index (χ4v) is 6.19. The number of hydrogen-bond acceptors (Lipinski definition) is 8. The highest BCUT2D eigenvalue weighted by atomic mass is 19.2. The van der Waals surface area contributed by atoms with E-state index in [0.29, 0.717) is 30.7 Å². The molecule has 3 aliphatic rings. The second-order valence-corrected chi connectivity index (χ2v) is 11.1. The third-order valence-electron chi connectivity index (χ3n) is 8.45. The van der Waals surface area contributed by atoms with Crippen LogP contribution in [0.2, 0.25) is 0 Å². The van der Waals surface area contributed by atoms with E-state index in [4.69, 9.17) is 4.84 Å². The van der Waals surface area contributed by atoms with E-state index in [0.717, 1.165) is 24.8 Å². The Morgan fingerprint density at radius 3 is 2.50 bits per heavy atom. The average molecular weight is 550 g/mol. The molecule has 10 heteroatoms. The number of hydroxylamine groups is 1. The van der Waals surface area contributed by atoms with E-state index < -0.39 is 17.7 Å². The lowest BCUT2D eigenvalue weighted by atomic mass is 10.0. The van der Waals surface area contributed by atoms with Gasteiger partial charge in [0.1, 0.15) is 12.1 Å². The Labute approximate surface area is 234 Å². The monoisotopic (exact) mass is 549 g/mol. The van der Waals surface area contributed by atoms with Gasteiger partial charge < -0.3 is 15.1 Å². The summed E-state index contributed by atoms with van der Waals surface area (Å²) in [5, 5.41) is 4.92. The fraction of sp³-hybridized carbons (Fsp3) is 0.467. The van der Waals surface area contributed by atoms with E-state index in [-0.39, 0.29) is 5.56 Å². The number of halogens is 2. The summed E-state index contributed by atoms with van der Waals surface area (Å²) in [5.41, 5.74) is 3.66. The molecule has 3 saturated heterocycles. The summed E-state index contributed by atoms with van der Waals surface area (Å²) in [6.07, 6.45) is 4.38. The van der Waals surface area contributed by atoms with Crippen molar-refractivity contribution in [2.75, 3.05) is 68.2 Å². The van der Waals surface area contributed by atoms with E-state index in [9.17, 15) is 8.78 Å². The van der Waals surface area contributed by atoms with Crippen molar-refractivity contribution in [1.29, 1.82) is 0 Å². The standard InChI is InChI=1S/C30H37F2N7O/c1-21-18-22(6-7-26(21)38-11-8-23(9-12-38)37-15-13-36(2)14-16-37)35-28-19-29(34-20-33-28)39-27(10-17-40-39)24-4-3-5-25(31)30(24)32/h3-7,18-20,23,27H,8-17H2,1-2H3,(H,33,34,35). The topological polar surface area (TPSA) is 60.0 Å². The van der Waals surface area contributed by atoms with Gasteiger partial charge in [0.2, 0.25) is 0 Å². The summed E-state index contributed by atoms with van der Waals surface area (Å²) in [5.74, 6) is -0.638. The molecular formula is C30H37F2N7O. The molecule has 1 atom stereocenters. The molecular weight excluding hydrogens is 512 g/mol. The van der Waals surface area contributed by atoms with Crippen LogP contribution in [0.5, 0.6) is 0 Å². The molecule has 3 fully saturated rings. The fourth-order valence-electron chi connectivity index (χ4n) is 6.19. The molecule has 40 heavy (non-hydrogen) atoms. The molecule has 0 radical (unpaired) electrons. The van der Waals surface area contributed by atoms with Gasteiger partial charge in [0.25, 0.3) is 0 Å². The van der Waals surface area contributed by atoms with Crippen molar-refractivity contribution < 1.29 is 13.6 Å². The van der Waals surface area contributed by atoms with Crippen LogP contribution in [0.1, 0.15) is 36.4 Å². The third-order valence-corrected chi connectivity index (χ3v) is 8.45. The van der Waals surface area contributed by atoms with Crippen LogP contribution >= 0.6 is 0 Å². The Balaban J connectivity index is 1.11. The van der Waals surface area contributed by atoms with Crippen LogP contribution < -0.4 is 15.3 Å². The van der Waals surface area contributed by atoms with Gasteiger partial charge in [0, 0.05) is 74.7 Å². The van der Waals surface area contributed by atoms with Gasteiger partial charge in [-0.15, -0.1) is 0 Å². The van der Waals surface area contributed by atoms with Crippen molar-refractivity contribution >= 4 is 23.0 Å². The second kappa shape index (κ2) is 11.6. The maximum Gasteiger partial charge on any atom is 0.164 e. The lowest BCUT2D eigenvalue weighted by Crippen LogP contribution is -2.52. The molecule has 212 valence electrons. The molecule has 1 unspecified atom stereocenters. The van der Waals surface area contributed by atoms with Gasteiger partial charge in [-0.1, -0.05) is 12.1 Å². The van der Waals surface area contributed by atoms with E-state index in [1.165, 1.54) is 62.7 Å². The zero-order chi connectivity index (χ0) is 27.6. The number of aromatic nitrogens is 2. The van der Waals surface area contributed by atoms with Gasteiger partial charge in [-0.25, -0.2) is 23.8 Å². The van der Waals surface area contributed by atoms with Gasteiger partial charge >= 0.3 is 0 Å². The van der Waals surface area contributed by atoms with Crippen molar-refractivity contribution in [3.05, 3.63) is 71.6 Å². The summed E-state index contributed by atoms with van der Waals surface area (Å²) >= 11 is 0. The minimum atomic E-state index is -0.868. The predicted octanol–water partition coefficient (Wildman–Crippen LogP) is 4.91. The van der Waals surface area contributed by atoms with E-state index >= 15 is 0 Å². The zero-order valence-electron chi connectivity index (χ0n) is 23.2. The Morgan fingerprint density at radius 1 is 0.925 bits per heavy atom. The number of anilines is 4. The Hall–Kier alpha value is -3.34. The first kappa shape index (κ1) is 26.9. The van der Waals surface area contributed by atoms with Crippen LogP contribution in [-0.2, 0) is 4.84 Å². The van der Waals surface area contributed by atoms with Crippen molar-refractivity contribution in [2.45, 2.75) is 38.3 Å². The molecule has 0 saturated carbocycles. The number of nitrogens with zero attached hydrogens (tertiary/aromatic N) is 6.